The summed E-state index contributed by atoms with van der Waals surface area (Å²) in [6, 6.07) is 7.43. The van der Waals surface area contributed by atoms with E-state index in [1.807, 2.05) is 42.0 Å². The molecule has 0 fully saturated rings. The standard InChI is InChI=1S/C13H16N4O/c1-10(14)7-13(18)16-11-3-2-4-12(8-11)17-6-5-15-9-17/h2-6,8-10H,7,14H2,1H3,(H,16,18). The number of nitrogens with one attached hydrogen (secondary N) is 1. The lowest BCUT2D eigenvalue weighted by Gasteiger charge is -2.09. The number of hydrogen-bond acceptors (Lipinski definition) is 3. The first kappa shape index (κ1) is 12.3. The maximum absolute atomic E-state index is 11.6. The van der Waals surface area contributed by atoms with Gasteiger partial charge in [0, 0.05) is 36.2 Å². The van der Waals surface area contributed by atoms with Gasteiger partial charge in [-0.1, -0.05) is 6.07 Å². The molecule has 2 rings (SSSR count). The lowest BCUT2D eigenvalue weighted by Crippen LogP contribution is -2.23. The van der Waals surface area contributed by atoms with Crippen LogP contribution in [0.3, 0.4) is 0 Å². The monoisotopic (exact) mass is 244 g/mol. The maximum atomic E-state index is 11.6. The molecule has 1 aromatic heterocycles. The van der Waals surface area contributed by atoms with Crippen LogP contribution in [0.1, 0.15) is 13.3 Å². The molecule has 2 aromatic rings. The summed E-state index contributed by atoms with van der Waals surface area (Å²) >= 11 is 0. The predicted octanol–water partition coefficient (Wildman–Crippen LogP) is 1.55. The number of rotatable bonds is 4. The van der Waals surface area contributed by atoms with Crippen LogP contribution in [0.25, 0.3) is 5.69 Å². The molecule has 1 unspecified atom stereocenters. The van der Waals surface area contributed by atoms with E-state index in [2.05, 4.69) is 10.3 Å². The van der Waals surface area contributed by atoms with Crippen molar-refractivity contribution in [2.75, 3.05) is 5.32 Å². The molecular formula is C13H16N4O. The van der Waals surface area contributed by atoms with Crippen molar-refractivity contribution in [3.05, 3.63) is 43.0 Å². The fourth-order valence-electron chi connectivity index (χ4n) is 1.66. The second-order valence-corrected chi connectivity index (χ2v) is 4.25. The fourth-order valence-corrected chi connectivity index (χ4v) is 1.66. The Kier molecular flexibility index (Phi) is 3.74. The molecule has 1 heterocycles. The molecule has 5 heteroatoms. The van der Waals surface area contributed by atoms with E-state index in [4.69, 9.17) is 5.73 Å². The molecule has 1 atom stereocenters. The molecule has 94 valence electrons. The number of carbonyl (C=O) groups is 1. The summed E-state index contributed by atoms with van der Waals surface area (Å²) in [5, 5.41) is 2.82. The first-order valence-corrected chi connectivity index (χ1v) is 5.79. The molecule has 0 saturated heterocycles. The van der Waals surface area contributed by atoms with E-state index in [0.717, 1.165) is 11.4 Å². The lowest BCUT2D eigenvalue weighted by molar-refractivity contribution is -0.116. The van der Waals surface area contributed by atoms with Gasteiger partial charge in [0.2, 0.25) is 5.91 Å². The quantitative estimate of drug-likeness (QED) is 0.857. The normalized spacial score (nSPS) is 12.1. The summed E-state index contributed by atoms with van der Waals surface area (Å²) in [6.45, 7) is 1.81. The second kappa shape index (κ2) is 5.46. The van der Waals surface area contributed by atoms with E-state index in [1.54, 1.807) is 12.5 Å². The van der Waals surface area contributed by atoms with Gasteiger partial charge in [-0.2, -0.15) is 0 Å². The molecule has 0 radical (unpaired) electrons. The molecule has 0 aliphatic heterocycles. The van der Waals surface area contributed by atoms with E-state index in [0.29, 0.717) is 6.42 Å². The number of aromatic nitrogens is 2. The Morgan fingerprint density at radius 2 is 2.39 bits per heavy atom. The van der Waals surface area contributed by atoms with Gasteiger partial charge in [-0.15, -0.1) is 0 Å². The van der Waals surface area contributed by atoms with Gasteiger partial charge >= 0.3 is 0 Å². The van der Waals surface area contributed by atoms with Gasteiger partial charge in [0.05, 0.1) is 6.33 Å². The summed E-state index contributed by atoms with van der Waals surface area (Å²) in [5.74, 6) is -0.0761. The van der Waals surface area contributed by atoms with Crippen LogP contribution < -0.4 is 11.1 Å². The zero-order valence-corrected chi connectivity index (χ0v) is 10.2. The van der Waals surface area contributed by atoms with Gasteiger partial charge in [0.1, 0.15) is 0 Å². The molecule has 3 N–H and O–H groups in total. The van der Waals surface area contributed by atoms with E-state index in [9.17, 15) is 4.79 Å². The van der Waals surface area contributed by atoms with Crippen LogP contribution in [0.5, 0.6) is 0 Å². The Labute approximate surface area is 106 Å². The summed E-state index contributed by atoms with van der Waals surface area (Å²) < 4.78 is 1.88. The zero-order valence-electron chi connectivity index (χ0n) is 10.2. The first-order chi connectivity index (χ1) is 8.65. The van der Waals surface area contributed by atoms with E-state index < -0.39 is 0 Å². The van der Waals surface area contributed by atoms with Crippen LogP contribution in [-0.2, 0) is 4.79 Å². The molecule has 0 bridgehead atoms. The van der Waals surface area contributed by atoms with E-state index in [1.165, 1.54) is 0 Å². The number of amides is 1. The van der Waals surface area contributed by atoms with Crippen LogP contribution in [0.2, 0.25) is 0 Å². The first-order valence-electron chi connectivity index (χ1n) is 5.79. The van der Waals surface area contributed by atoms with Crippen molar-refractivity contribution in [2.24, 2.45) is 5.73 Å². The van der Waals surface area contributed by atoms with Crippen molar-refractivity contribution in [1.29, 1.82) is 0 Å². The molecule has 0 saturated carbocycles. The van der Waals surface area contributed by atoms with Gasteiger partial charge in [-0.3, -0.25) is 4.79 Å². The smallest absolute Gasteiger partial charge is 0.225 e. The minimum Gasteiger partial charge on any atom is -0.327 e. The number of carbonyl (C=O) groups excluding carboxylic acids is 1. The number of hydrogen-bond donors (Lipinski definition) is 2. The van der Waals surface area contributed by atoms with Crippen LogP contribution in [0.15, 0.2) is 43.0 Å². The number of nitrogens with zero attached hydrogens (tertiary/aromatic N) is 2. The van der Waals surface area contributed by atoms with Crippen LogP contribution in [-0.4, -0.2) is 21.5 Å². The van der Waals surface area contributed by atoms with Gasteiger partial charge in [0.15, 0.2) is 0 Å². The molecule has 5 nitrogen and oxygen atoms in total. The fraction of sp³-hybridized carbons (Fsp3) is 0.231. The van der Waals surface area contributed by atoms with Gasteiger partial charge in [-0.25, -0.2) is 4.98 Å². The Bertz CT molecular complexity index is 520. The number of benzene rings is 1. The molecule has 0 aliphatic carbocycles. The van der Waals surface area contributed by atoms with Crippen molar-refractivity contribution < 1.29 is 4.79 Å². The number of nitrogens with two attached hydrogens (primary N) is 1. The molecular weight excluding hydrogens is 228 g/mol. The van der Waals surface area contributed by atoms with Crippen molar-refractivity contribution in [3.63, 3.8) is 0 Å². The van der Waals surface area contributed by atoms with Crippen molar-refractivity contribution in [3.8, 4) is 5.69 Å². The average Bonchev–Trinajstić information content (AvgIpc) is 2.81. The van der Waals surface area contributed by atoms with Gasteiger partial charge in [-0.05, 0) is 25.1 Å². The highest BCUT2D eigenvalue weighted by Gasteiger charge is 2.06. The highest BCUT2D eigenvalue weighted by atomic mass is 16.1. The second-order valence-electron chi connectivity index (χ2n) is 4.25. The topological polar surface area (TPSA) is 72.9 Å². The summed E-state index contributed by atoms with van der Waals surface area (Å²) in [6.07, 6.45) is 5.59. The molecule has 1 aromatic carbocycles. The summed E-state index contributed by atoms with van der Waals surface area (Å²) in [4.78, 5) is 15.6. The average molecular weight is 244 g/mol. The highest BCUT2D eigenvalue weighted by Crippen LogP contribution is 2.14. The minimum atomic E-state index is -0.137. The largest absolute Gasteiger partial charge is 0.327 e. The number of imidazole rings is 1. The molecule has 0 spiro atoms. The summed E-state index contributed by atoms with van der Waals surface area (Å²) in [5.41, 5.74) is 7.29. The van der Waals surface area contributed by atoms with E-state index >= 15 is 0 Å². The summed E-state index contributed by atoms with van der Waals surface area (Å²) in [7, 11) is 0. The number of anilines is 1. The highest BCUT2D eigenvalue weighted by molar-refractivity contribution is 5.91. The Hall–Kier alpha value is -2.14. The molecule has 1 amide bonds. The SMILES string of the molecule is CC(N)CC(=O)Nc1cccc(-n2ccnc2)c1. The van der Waals surface area contributed by atoms with Crippen LogP contribution in [0.4, 0.5) is 5.69 Å². The van der Waals surface area contributed by atoms with Crippen molar-refractivity contribution in [2.45, 2.75) is 19.4 Å². The van der Waals surface area contributed by atoms with Crippen molar-refractivity contribution >= 4 is 11.6 Å². The third-order valence-corrected chi connectivity index (χ3v) is 2.44. The molecule has 18 heavy (non-hydrogen) atoms. The minimum absolute atomic E-state index is 0.0761. The zero-order chi connectivity index (χ0) is 13.0. The van der Waals surface area contributed by atoms with Gasteiger partial charge in [0.25, 0.3) is 0 Å². The Morgan fingerprint density at radius 3 is 3.06 bits per heavy atom. The lowest BCUT2D eigenvalue weighted by atomic mass is 10.2. The Balaban J connectivity index is 2.11. The maximum Gasteiger partial charge on any atom is 0.225 e. The van der Waals surface area contributed by atoms with Crippen LogP contribution >= 0.6 is 0 Å². The van der Waals surface area contributed by atoms with Crippen molar-refractivity contribution in [1.82, 2.24) is 9.55 Å². The van der Waals surface area contributed by atoms with Gasteiger partial charge < -0.3 is 15.6 Å². The molecule has 0 aliphatic rings. The third-order valence-electron chi connectivity index (χ3n) is 2.44. The van der Waals surface area contributed by atoms with E-state index in [-0.39, 0.29) is 11.9 Å². The third kappa shape index (κ3) is 3.18. The Morgan fingerprint density at radius 1 is 1.56 bits per heavy atom. The van der Waals surface area contributed by atoms with Crippen LogP contribution in [0, 0.1) is 0 Å². The predicted molar refractivity (Wildman–Crippen MR) is 70.5 cm³/mol.